The fourth-order valence-corrected chi connectivity index (χ4v) is 2.50. The molecule has 1 fully saturated rings. The van der Waals surface area contributed by atoms with Crippen LogP contribution in [0, 0.1) is 5.92 Å². The number of nitrogens with zero attached hydrogens (tertiary/aromatic N) is 1. The lowest BCUT2D eigenvalue weighted by Crippen LogP contribution is -2.24. The number of halogens is 1. The van der Waals surface area contributed by atoms with Gasteiger partial charge in [-0.2, -0.15) is 0 Å². The van der Waals surface area contributed by atoms with Gasteiger partial charge in [0.1, 0.15) is 5.15 Å². The fourth-order valence-electron chi connectivity index (χ4n) is 2.35. The quantitative estimate of drug-likeness (QED) is 0.796. The highest BCUT2D eigenvalue weighted by molar-refractivity contribution is 6.29. The summed E-state index contributed by atoms with van der Waals surface area (Å²) in [5.41, 5.74) is 6.51. The van der Waals surface area contributed by atoms with Gasteiger partial charge in [-0.25, -0.2) is 4.98 Å². The van der Waals surface area contributed by atoms with E-state index < -0.39 is 0 Å². The van der Waals surface area contributed by atoms with Gasteiger partial charge in [0.25, 0.3) is 0 Å². The van der Waals surface area contributed by atoms with Gasteiger partial charge in [-0.05, 0) is 37.8 Å². The summed E-state index contributed by atoms with van der Waals surface area (Å²) < 4.78 is 0. The van der Waals surface area contributed by atoms with Crippen LogP contribution in [0.25, 0.3) is 0 Å². The van der Waals surface area contributed by atoms with E-state index >= 15 is 0 Å². The first-order valence-electron chi connectivity index (χ1n) is 5.85. The Morgan fingerprint density at radius 1 is 1.44 bits per heavy atom. The Morgan fingerprint density at radius 2 is 2.12 bits per heavy atom. The largest absolute Gasteiger partial charge is 0.396 e. The van der Waals surface area contributed by atoms with Crippen molar-refractivity contribution < 1.29 is 0 Å². The predicted molar refractivity (Wildman–Crippen MR) is 68.7 cm³/mol. The molecule has 0 spiro atoms. The van der Waals surface area contributed by atoms with E-state index in [4.69, 9.17) is 17.3 Å². The first-order valence-corrected chi connectivity index (χ1v) is 6.23. The number of nitrogens with one attached hydrogen (secondary N) is 1. The Labute approximate surface area is 101 Å². The van der Waals surface area contributed by atoms with Crippen molar-refractivity contribution >= 4 is 23.1 Å². The van der Waals surface area contributed by atoms with Gasteiger partial charge in [-0.1, -0.05) is 24.4 Å². The minimum absolute atomic E-state index is 0.413. The third kappa shape index (κ3) is 2.59. The molecule has 1 unspecified atom stereocenters. The van der Waals surface area contributed by atoms with Crippen molar-refractivity contribution in [3.8, 4) is 0 Å². The molecule has 1 heterocycles. The summed E-state index contributed by atoms with van der Waals surface area (Å²) in [6, 6.07) is 3.91. The van der Waals surface area contributed by atoms with Crippen LogP contribution in [0.1, 0.15) is 32.6 Å². The highest BCUT2D eigenvalue weighted by Gasteiger charge is 2.22. The summed E-state index contributed by atoms with van der Waals surface area (Å²) in [5.74, 6) is 1.45. The molecule has 3 nitrogen and oxygen atoms in total. The SMILES string of the molecule is CC(Nc1nc(Cl)ccc1N)C1CCCC1. The third-order valence-electron chi connectivity index (χ3n) is 3.36. The van der Waals surface area contributed by atoms with Crippen LogP contribution in [0.3, 0.4) is 0 Å². The normalized spacial score (nSPS) is 18.6. The van der Waals surface area contributed by atoms with Crippen LogP contribution < -0.4 is 11.1 Å². The second kappa shape index (κ2) is 4.91. The number of nitrogen functional groups attached to an aromatic ring is 1. The van der Waals surface area contributed by atoms with E-state index in [2.05, 4.69) is 17.2 Å². The molecule has 1 aromatic rings. The molecule has 1 atom stereocenters. The number of hydrogen-bond acceptors (Lipinski definition) is 3. The Morgan fingerprint density at radius 3 is 2.81 bits per heavy atom. The zero-order chi connectivity index (χ0) is 11.5. The van der Waals surface area contributed by atoms with Crippen molar-refractivity contribution in [1.82, 2.24) is 4.98 Å². The van der Waals surface area contributed by atoms with Crippen molar-refractivity contribution in [2.24, 2.45) is 5.92 Å². The van der Waals surface area contributed by atoms with Gasteiger partial charge in [0, 0.05) is 6.04 Å². The Hall–Kier alpha value is -0.960. The molecule has 16 heavy (non-hydrogen) atoms. The number of pyridine rings is 1. The Kier molecular flexibility index (Phi) is 3.54. The van der Waals surface area contributed by atoms with Gasteiger partial charge < -0.3 is 11.1 Å². The minimum Gasteiger partial charge on any atom is -0.396 e. The van der Waals surface area contributed by atoms with E-state index in [-0.39, 0.29) is 0 Å². The van der Waals surface area contributed by atoms with E-state index in [1.807, 2.05) is 0 Å². The smallest absolute Gasteiger partial charge is 0.151 e. The molecule has 0 amide bonds. The van der Waals surface area contributed by atoms with Crippen LogP contribution in [0.5, 0.6) is 0 Å². The average Bonchev–Trinajstić information content (AvgIpc) is 2.76. The molecule has 3 N–H and O–H groups in total. The molecule has 0 bridgehead atoms. The number of rotatable bonds is 3. The summed E-state index contributed by atoms with van der Waals surface area (Å²) >= 11 is 5.85. The molecule has 1 aromatic heterocycles. The predicted octanol–water partition coefficient (Wildman–Crippen LogP) is 3.31. The number of nitrogens with two attached hydrogens (primary N) is 1. The summed E-state index contributed by atoms with van der Waals surface area (Å²) in [7, 11) is 0. The van der Waals surface area contributed by atoms with Gasteiger partial charge in [-0.3, -0.25) is 0 Å². The van der Waals surface area contributed by atoms with Crippen LogP contribution in [-0.4, -0.2) is 11.0 Å². The molecule has 0 aromatic carbocycles. The van der Waals surface area contributed by atoms with E-state index in [9.17, 15) is 0 Å². The molecule has 2 rings (SSSR count). The average molecular weight is 240 g/mol. The minimum atomic E-state index is 0.413. The summed E-state index contributed by atoms with van der Waals surface area (Å²) in [6.07, 6.45) is 5.29. The summed E-state index contributed by atoms with van der Waals surface area (Å²) in [4.78, 5) is 4.21. The first-order chi connectivity index (χ1) is 7.66. The van der Waals surface area contributed by atoms with Gasteiger partial charge in [-0.15, -0.1) is 0 Å². The Balaban J connectivity index is 2.04. The molecule has 1 aliphatic rings. The maximum Gasteiger partial charge on any atom is 0.151 e. The van der Waals surface area contributed by atoms with Crippen LogP contribution >= 0.6 is 11.6 Å². The molecular formula is C12H18ClN3. The molecule has 0 radical (unpaired) electrons. The van der Waals surface area contributed by atoms with Crippen molar-refractivity contribution in [2.75, 3.05) is 11.1 Å². The van der Waals surface area contributed by atoms with Crippen LogP contribution in [0.4, 0.5) is 11.5 Å². The van der Waals surface area contributed by atoms with Crippen LogP contribution in [0.15, 0.2) is 12.1 Å². The number of aromatic nitrogens is 1. The van der Waals surface area contributed by atoms with Gasteiger partial charge in [0.2, 0.25) is 0 Å². The van der Waals surface area contributed by atoms with Gasteiger partial charge >= 0.3 is 0 Å². The van der Waals surface area contributed by atoms with E-state index in [1.165, 1.54) is 25.7 Å². The first kappa shape index (κ1) is 11.5. The lowest BCUT2D eigenvalue weighted by Gasteiger charge is -2.21. The lowest BCUT2D eigenvalue weighted by atomic mass is 10.00. The molecule has 0 saturated heterocycles. The van der Waals surface area contributed by atoms with E-state index in [1.54, 1.807) is 12.1 Å². The number of anilines is 2. The molecule has 0 aliphatic heterocycles. The third-order valence-corrected chi connectivity index (χ3v) is 3.57. The summed E-state index contributed by atoms with van der Waals surface area (Å²) in [5, 5.41) is 3.85. The monoisotopic (exact) mass is 239 g/mol. The lowest BCUT2D eigenvalue weighted by molar-refractivity contribution is 0.481. The molecular weight excluding hydrogens is 222 g/mol. The van der Waals surface area contributed by atoms with Crippen molar-refractivity contribution in [3.63, 3.8) is 0 Å². The van der Waals surface area contributed by atoms with Crippen molar-refractivity contribution in [2.45, 2.75) is 38.6 Å². The molecule has 4 heteroatoms. The number of hydrogen-bond donors (Lipinski definition) is 2. The highest BCUT2D eigenvalue weighted by atomic mass is 35.5. The second-order valence-corrected chi connectivity index (χ2v) is 4.94. The van der Waals surface area contributed by atoms with Crippen molar-refractivity contribution in [3.05, 3.63) is 17.3 Å². The topological polar surface area (TPSA) is 50.9 Å². The fraction of sp³-hybridized carbons (Fsp3) is 0.583. The van der Waals surface area contributed by atoms with E-state index in [0.29, 0.717) is 22.7 Å². The zero-order valence-electron chi connectivity index (χ0n) is 9.54. The molecule has 88 valence electrons. The summed E-state index contributed by atoms with van der Waals surface area (Å²) in [6.45, 7) is 2.19. The standard InChI is InChI=1S/C12H18ClN3/c1-8(9-4-2-3-5-9)15-12-10(14)6-7-11(13)16-12/h6-9H,2-5,14H2,1H3,(H,15,16). The second-order valence-electron chi connectivity index (χ2n) is 4.55. The van der Waals surface area contributed by atoms with Crippen LogP contribution in [0.2, 0.25) is 5.15 Å². The molecule has 1 aliphatic carbocycles. The van der Waals surface area contributed by atoms with E-state index in [0.717, 1.165) is 5.92 Å². The zero-order valence-corrected chi connectivity index (χ0v) is 10.3. The Bertz CT molecular complexity index is 361. The highest BCUT2D eigenvalue weighted by Crippen LogP contribution is 2.30. The maximum absolute atomic E-state index is 5.85. The molecule has 1 saturated carbocycles. The maximum atomic E-state index is 5.85. The van der Waals surface area contributed by atoms with Gasteiger partial charge in [0.15, 0.2) is 5.82 Å². The van der Waals surface area contributed by atoms with Crippen molar-refractivity contribution in [1.29, 1.82) is 0 Å². The van der Waals surface area contributed by atoms with Crippen LogP contribution in [-0.2, 0) is 0 Å². The van der Waals surface area contributed by atoms with Gasteiger partial charge in [0.05, 0.1) is 5.69 Å².